The molecule has 0 aliphatic heterocycles. The van der Waals surface area contributed by atoms with Crippen molar-refractivity contribution in [2.75, 3.05) is 4.90 Å². The molecular weight excluding hydrogens is 727 g/mol. The predicted octanol–water partition coefficient (Wildman–Crippen LogP) is 16.3. The molecule has 0 saturated heterocycles. The van der Waals surface area contributed by atoms with Crippen LogP contribution >= 0.6 is 11.3 Å². The molecule has 0 radical (unpaired) electrons. The molecule has 3 nitrogen and oxygen atoms in total. The molecule has 3 heterocycles. The topological polar surface area (TPSA) is 29.5 Å². The van der Waals surface area contributed by atoms with Gasteiger partial charge in [0.05, 0.1) is 11.1 Å². The Bertz CT molecular complexity index is 3510. The summed E-state index contributed by atoms with van der Waals surface area (Å²) in [5.74, 6) is 0. The molecule has 0 amide bonds. The van der Waals surface area contributed by atoms with Crippen molar-refractivity contribution in [2.45, 2.75) is 0 Å². The van der Waals surface area contributed by atoms with Gasteiger partial charge in [0, 0.05) is 59.3 Å². The minimum Gasteiger partial charge on any atom is -0.456 e. The monoisotopic (exact) mass is 759 g/mol. The standard InChI is InChI=1S/C54H33NO2S/c1-4-13-34(14-5-1)37-23-26-44-48(31-37)57-54-41(36-17-8-3-9-18-36)28-29-46(53(44)54)55(39-24-27-43-42-19-10-11-21-47(42)56-49(43)33-39)38-25-30-50-45(32-38)52-40(20-12-22-51(52)58-50)35-15-6-2-7-16-35/h1-33H. The van der Waals surface area contributed by atoms with E-state index >= 15 is 0 Å². The third-order valence-corrected chi connectivity index (χ3v) is 12.6. The lowest BCUT2D eigenvalue weighted by molar-refractivity contribution is 0.669. The number of fused-ring (bicyclic) bond motifs is 9. The Hall–Kier alpha value is -7.40. The van der Waals surface area contributed by atoms with Crippen LogP contribution in [-0.4, -0.2) is 0 Å². The minimum absolute atomic E-state index is 0.846. The number of anilines is 3. The third-order valence-electron chi connectivity index (χ3n) is 11.5. The van der Waals surface area contributed by atoms with Gasteiger partial charge in [0.25, 0.3) is 0 Å². The third kappa shape index (κ3) is 5.19. The van der Waals surface area contributed by atoms with Gasteiger partial charge in [-0.05, 0) is 94.5 Å². The summed E-state index contributed by atoms with van der Waals surface area (Å²) in [6, 6.07) is 71.3. The van der Waals surface area contributed by atoms with E-state index in [1.54, 1.807) is 0 Å². The molecule has 272 valence electrons. The van der Waals surface area contributed by atoms with Gasteiger partial charge < -0.3 is 13.7 Å². The summed E-state index contributed by atoms with van der Waals surface area (Å²) in [5.41, 5.74) is 13.4. The second-order valence-electron chi connectivity index (χ2n) is 14.8. The van der Waals surface area contributed by atoms with E-state index in [2.05, 4.69) is 193 Å². The highest BCUT2D eigenvalue weighted by Crippen LogP contribution is 2.49. The smallest absolute Gasteiger partial charge is 0.145 e. The van der Waals surface area contributed by atoms with Crippen LogP contribution in [0.2, 0.25) is 0 Å². The molecule has 0 unspecified atom stereocenters. The summed E-state index contributed by atoms with van der Waals surface area (Å²) in [5, 5.41) is 6.83. The lowest BCUT2D eigenvalue weighted by atomic mass is 9.98. The number of benzene rings is 9. The van der Waals surface area contributed by atoms with E-state index in [0.29, 0.717) is 0 Å². The van der Waals surface area contributed by atoms with Gasteiger partial charge in [-0.1, -0.05) is 127 Å². The molecule has 4 heteroatoms. The van der Waals surface area contributed by atoms with Crippen LogP contribution in [0, 0.1) is 0 Å². The molecule has 12 rings (SSSR count). The van der Waals surface area contributed by atoms with Gasteiger partial charge in [-0.2, -0.15) is 0 Å². The quantitative estimate of drug-likeness (QED) is 0.169. The summed E-state index contributed by atoms with van der Waals surface area (Å²) < 4.78 is 16.1. The summed E-state index contributed by atoms with van der Waals surface area (Å²) >= 11 is 1.84. The summed E-state index contributed by atoms with van der Waals surface area (Å²) in [6.45, 7) is 0. The van der Waals surface area contributed by atoms with Crippen LogP contribution in [0.15, 0.2) is 209 Å². The van der Waals surface area contributed by atoms with Crippen LogP contribution in [0.1, 0.15) is 0 Å². The molecular formula is C54H33NO2S. The Balaban J connectivity index is 1.15. The summed E-state index contributed by atoms with van der Waals surface area (Å²) in [4.78, 5) is 2.39. The van der Waals surface area contributed by atoms with Crippen LogP contribution in [0.4, 0.5) is 17.1 Å². The zero-order chi connectivity index (χ0) is 38.2. The number of hydrogen-bond donors (Lipinski definition) is 0. The van der Waals surface area contributed by atoms with Gasteiger partial charge in [-0.3, -0.25) is 0 Å². The van der Waals surface area contributed by atoms with Gasteiger partial charge >= 0.3 is 0 Å². The molecule has 9 aromatic carbocycles. The maximum atomic E-state index is 7.01. The first-order valence-electron chi connectivity index (χ1n) is 19.6. The predicted molar refractivity (Wildman–Crippen MR) is 245 cm³/mol. The Morgan fingerprint density at radius 1 is 0.345 bits per heavy atom. The second kappa shape index (κ2) is 13.1. The number of thiophene rings is 1. The number of hydrogen-bond acceptors (Lipinski definition) is 4. The summed E-state index contributed by atoms with van der Waals surface area (Å²) in [7, 11) is 0. The van der Waals surface area contributed by atoms with E-state index in [1.165, 1.54) is 31.3 Å². The molecule has 0 fully saturated rings. The Morgan fingerprint density at radius 3 is 1.81 bits per heavy atom. The molecule has 0 aliphatic carbocycles. The maximum Gasteiger partial charge on any atom is 0.145 e. The lowest BCUT2D eigenvalue weighted by Crippen LogP contribution is -2.10. The number of para-hydroxylation sites is 1. The van der Waals surface area contributed by atoms with Crippen molar-refractivity contribution >= 4 is 92.4 Å². The normalized spacial score (nSPS) is 11.8. The van der Waals surface area contributed by atoms with E-state index in [9.17, 15) is 0 Å². The molecule has 3 aromatic heterocycles. The first kappa shape index (κ1) is 32.8. The van der Waals surface area contributed by atoms with Gasteiger partial charge in [0.2, 0.25) is 0 Å². The molecule has 12 aromatic rings. The molecule has 0 spiro atoms. The first-order valence-corrected chi connectivity index (χ1v) is 20.4. The Morgan fingerprint density at radius 2 is 1.00 bits per heavy atom. The second-order valence-corrected chi connectivity index (χ2v) is 15.9. The maximum absolute atomic E-state index is 7.01. The van der Waals surface area contributed by atoms with Crippen molar-refractivity contribution in [1.82, 2.24) is 0 Å². The SMILES string of the molecule is c1ccc(-c2ccc3c(c2)oc2c(-c4ccccc4)ccc(N(c4ccc5c(c4)oc4ccccc45)c4ccc5sc6cccc(-c7ccccc7)c6c5c4)c23)cc1. The molecule has 0 atom stereocenters. The highest BCUT2D eigenvalue weighted by atomic mass is 32.1. The first-order chi connectivity index (χ1) is 28.7. The minimum atomic E-state index is 0.846. The molecule has 0 aliphatic rings. The largest absolute Gasteiger partial charge is 0.456 e. The van der Waals surface area contributed by atoms with Crippen molar-refractivity contribution in [3.05, 3.63) is 200 Å². The highest BCUT2D eigenvalue weighted by molar-refractivity contribution is 7.26. The van der Waals surface area contributed by atoms with Crippen molar-refractivity contribution in [1.29, 1.82) is 0 Å². The Kier molecular flexibility index (Phi) is 7.40. The Labute approximate surface area is 338 Å². The fraction of sp³-hybridized carbons (Fsp3) is 0. The highest BCUT2D eigenvalue weighted by Gasteiger charge is 2.24. The molecule has 0 bridgehead atoms. The van der Waals surface area contributed by atoms with Gasteiger partial charge in [0.1, 0.15) is 22.3 Å². The zero-order valence-electron chi connectivity index (χ0n) is 31.2. The average Bonchev–Trinajstić information content (AvgIpc) is 3.98. The van der Waals surface area contributed by atoms with Gasteiger partial charge in [0.15, 0.2) is 0 Å². The fourth-order valence-corrected chi connectivity index (χ4v) is 9.91. The van der Waals surface area contributed by atoms with E-state index in [0.717, 1.165) is 83.2 Å². The van der Waals surface area contributed by atoms with Crippen LogP contribution in [0.3, 0.4) is 0 Å². The van der Waals surface area contributed by atoms with Crippen molar-refractivity contribution < 1.29 is 8.83 Å². The van der Waals surface area contributed by atoms with E-state index in [1.807, 2.05) is 23.5 Å². The number of nitrogens with zero attached hydrogens (tertiary/aromatic N) is 1. The fourth-order valence-electron chi connectivity index (χ4n) is 8.80. The van der Waals surface area contributed by atoms with Gasteiger partial charge in [-0.15, -0.1) is 11.3 Å². The van der Waals surface area contributed by atoms with Crippen LogP contribution in [-0.2, 0) is 0 Å². The molecule has 0 N–H and O–H groups in total. The van der Waals surface area contributed by atoms with E-state index < -0.39 is 0 Å². The number of rotatable bonds is 6. The van der Waals surface area contributed by atoms with Crippen LogP contribution in [0.5, 0.6) is 0 Å². The molecule has 58 heavy (non-hydrogen) atoms. The number of furan rings is 2. The van der Waals surface area contributed by atoms with E-state index in [4.69, 9.17) is 8.83 Å². The van der Waals surface area contributed by atoms with Crippen LogP contribution < -0.4 is 4.90 Å². The van der Waals surface area contributed by atoms with Crippen molar-refractivity contribution in [2.24, 2.45) is 0 Å². The average molecular weight is 760 g/mol. The lowest BCUT2D eigenvalue weighted by Gasteiger charge is -2.27. The zero-order valence-corrected chi connectivity index (χ0v) is 32.0. The van der Waals surface area contributed by atoms with Crippen molar-refractivity contribution in [3.8, 4) is 33.4 Å². The van der Waals surface area contributed by atoms with E-state index in [-0.39, 0.29) is 0 Å². The van der Waals surface area contributed by atoms with Crippen molar-refractivity contribution in [3.63, 3.8) is 0 Å². The van der Waals surface area contributed by atoms with Crippen LogP contribution in [0.25, 0.3) is 97.4 Å². The molecule has 0 saturated carbocycles. The summed E-state index contributed by atoms with van der Waals surface area (Å²) in [6.07, 6.45) is 0. The van der Waals surface area contributed by atoms with Gasteiger partial charge in [-0.25, -0.2) is 0 Å².